The second kappa shape index (κ2) is 9.72. The minimum atomic E-state index is -0.173. The number of likely N-dealkylation sites (tertiary alicyclic amines) is 1. The maximum absolute atomic E-state index is 12.0. The fourth-order valence-electron chi connectivity index (χ4n) is 3.07. The molecule has 0 spiro atoms. The van der Waals surface area contributed by atoms with E-state index in [2.05, 4.69) is 27.5 Å². The molecule has 2 rings (SSSR count). The Morgan fingerprint density at radius 3 is 2.22 bits per heavy atom. The van der Waals surface area contributed by atoms with Gasteiger partial charge in [-0.2, -0.15) is 0 Å². The van der Waals surface area contributed by atoms with Crippen molar-refractivity contribution >= 4 is 11.9 Å². The highest BCUT2D eigenvalue weighted by atomic mass is 16.2. The Balaban J connectivity index is 1.49. The Bertz CT molecular complexity index is 377. The number of hydrogen-bond acceptors (Lipinski definition) is 4. The van der Waals surface area contributed by atoms with Crippen LogP contribution in [0.2, 0.25) is 0 Å². The smallest absolute Gasteiger partial charge is 0.314 e. The standard InChI is InChI=1S/C16H31N5O2/c1-19-11-13-21(14-12-19)15(22)5-6-17-16(23)18-7-10-20-8-3-2-4-9-20/h2-14H2,1H3,(H2,17,18,23). The molecule has 0 unspecified atom stereocenters. The zero-order chi connectivity index (χ0) is 16.5. The third kappa shape index (κ3) is 6.74. The molecular weight excluding hydrogens is 294 g/mol. The average molecular weight is 325 g/mol. The number of urea groups is 1. The summed E-state index contributed by atoms with van der Waals surface area (Å²) in [6.45, 7) is 7.69. The fourth-order valence-corrected chi connectivity index (χ4v) is 3.07. The first kappa shape index (κ1) is 18.0. The van der Waals surface area contributed by atoms with E-state index in [0.29, 0.717) is 19.5 Å². The van der Waals surface area contributed by atoms with Crippen molar-refractivity contribution in [3.63, 3.8) is 0 Å². The van der Waals surface area contributed by atoms with Crippen LogP contribution in [0.3, 0.4) is 0 Å². The predicted octanol–water partition coefficient (Wildman–Crippen LogP) is -0.0644. The van der Waals surface area contributed by atoms with Gasteiger partial charge in [0.15, 0.2) is 0 Å². The third-order valence-electron chi connectivity index (χ3n) is 4.64. The van der Waals surface area contributed by atoms with Gasteiger partial charge in [-0.3, -0.25) is 4.79 Å². The largest absolute Gasteiger partial charge is 0.340 e. The Morgan fingerprint density at radius 2 is 1.52 bits per heavy atom. The van der Waals surface area contributed by atoms with Crippen LogP contribution < -0.4 is 10.6 Å². The maximum Gasteiger partial charge on any atom is 0.314 e. The van der Waals surface area contributed by atoms with Crippen LogP contribution in [-0.2, 0) is 4.79 Å². The van der Waals surface area contributed by atoms with Crippen molar-refractivity contribution < 1.29 is 9.59 Å². The first-order chi connectivity index (χ1) is 11.1. The molecule has 2 N–H and O–H groups in total. The van der Waals surface area contributed by atoms with Gasteiger partial charge in [-0.05, 0) is 33.0 Å². The second-order valence-corrected chi connectivity index (χ2v) is 6.52. The van der Waals surface area contributed by atoms with Gasteiger partial charge in [0.25, 0.3) is 0 Å². The molecule has 132 valence electrons. The Labute approximate surface area is 139 Å². The van der Waals surface area contributed by atoms with Crippen molar-refractivity contribution in [2.45, 2.75) is 25.7 Å². The van der Waals surface area contributed by atoms with Crippen LogP contribution in [0, 0.1) is 0 Å². The van der Waals surface area contributed by atoms with Gasteiger partial charge in [0.05, 0.1) is 0 Å². The summed E-state index contributed by atoms with van der Waals surface area (Å²) in [7, 11) is 2.07. The summed E-state index contributed by atoms with van der Waals surface area (Å²) >= 11 is 0. The molecule has 0 aromatic rings. The predicted molar refractivity (Wildman–Crippen MR) is 90.4 cm³/mol. The van der Waals surface area contributed by atoms with Gasteiger partial charge in [0.1, 0.15) is 0 Å². The molecule has 2 saturated heterocycles. The lowest BCUT2D eigenvalue weighted by atomic mass is 10.1. The topological polar surface area (TPSA) is 67.9 Å². The Kier molecular flexibility index (Phi) is 7.61. The van der Waals surface area contributed by atoms with Gasteiger partial charge in [-0.1, -0.05) is 6.42 Å². The van der Waals surface area contributed by atoms with Crippen LogP contribution in [0.5, 0.6) is 0 Å². The maximum atomic E-state index is 12.0. The molecule has 23 heavy (non-hydrogen) atoms. The molecule has 2 aliphatic rings. The summed E-state index contributed by atoms with van der Waals surface area (Å²) in [5, 5.41) is 5.64. The highest BCUT2D eigenvalue weighted by molar-refractivity contribution is 5.78. The van der Waals surface area contributed by atoms with E-state index in [-0.39, 0.29) is 11.9 Å². The van der Waals surface area contributed by atoms with Gasteiger partial charge in [-0.15, -0.1) is 0 Å². The van der Waals surface area contributed by atoms with E-state index in [1.807, 2.05) is 4.90 Å². The zero-order valence-corrected chi connectivity index (χ0v) is 14.4. The van der Waals surface area contributed by atoms with Gasteiger partial charge in [-0.25, -0.2) is 4.79 Å². The van der Waals surface area contributed by atoms with Crippen molar-refractivity contribution in [1.29, 1.82) is 0 Å². The number of carbonyl (C=O) groups excluding carboxylic acids is 2. The SMILES string of the molecule is CN1CCN(C(=O)CCNC(=O)NCCN2CCCCC2)CC1. The molecule has 2 fully saturated rings. The van der Waals surface area contributed by atoms with E-state index >= 15 is 0 Å². The summed E-state index contributed by atoms with van der Waals surface area (Å²) < 4.78 is 0. The van der Waals surface area contributed by atoms with E-state index < -0.39 is 0 Å². The summed E-state index contributed by atoms with van der Waals surface area (Å²) in [4.78, 5) is 30.2. The molecule has 3 amide bonds. The monoisotopic (exact) mass is 325 g/mol. The first-order valence-corrected chi connectivity index (χ1v) is 8.85. The van der Waals surface area contributed by atoms with Crippen molar-refractivity contribution in [2.75, 3.05) is 66.0 Å². The summed E-state index contributed by atoms with van der Waals surface area (Å²) in [5.41, 5.74) is 0. The number of carbonyl (C=O) groups is 2. The quantitative estimate of drug-likeness (QED) is 0.718. The molecule has 2 aliphatic heterocycles. The van der Waals surface area contributed by atoms with E-state index in [1.165, 1.54) is 19.3 Å². The molecule has 0 aliphatic carbocycles. The highest BCUT2D eigenvalue weighted by Crippen LogP contribution is 2.07. The molecular formula is C16H31N5O2. The molecule has 0 bridgehead atoms. The van der Waals surface area contributed by atoms with Crippen LogP contribution in [0.25, 0.3) is 0 Å². The summed E-state index contributed by atoms with van der Waals surface area (Å²) in [6, 6.07) is -0.173. The molecule has 0 aromatic heterocycles. The number of nitrogens with one attached hydrogen (secondary N) is 2. The van der Waals surface area contributed by atoms with Crippen molar-refractivity contribution in [3.8, 4) is 0 Å². The normalized spacial score (nSPS) is 20.3. The lowest BCUT2D eigenvalue weighted by Crippen LogP contribution is -2.48. The fraction of sp³-hybridized carbons (Fsp3) is 0.875. The average Bonchev–Trinajstić information content (AvgIpc) is 2.56. The van der Waals surface area contributed by atoms with Crippen LogP contribution in [0.4, 0.5) is 4.79 Å². The number of rotatable bonds is 6. The molecule has 2 heterocycles. The number of amides is 3. The highest BCUT2D eigenvalue weighted by Gasteiger charge is 2.18. The molecule has 0 saturated carbocycles. The lowest BCUT2D eigenvalue weighted by Gasteiger charge is -2.32. The summed E-state index contributed by atoms with van der Waals surface area (Å²) in [5.74, 6) is 0.131. The van der Waals surface area contributed by atoms with Crippen LogP contribution in [0.15, 0.2) is 0 Å². The van der Waals surface area contributed by atoms with Gasteiger partial charge in [0, 0.05) is 52.2 Å². The van der Waals surface area contributed by atoms with Gasteiger partial charge >= 0.3 is 6.03 Å². The van der Waals surface area contributed by atoms with Crippen molar-refractivity contribution in [2.24, 2.45) is 0 Å². The van der Waals surface area contributed by atoms with E-state index in [9.17, 15) is 9.59 Å². The minimum absolute atomic E-state index is 0.131. The molecule has 7 heteroatoms. The Hall–Kier alpha value is -1.34. The van der Waals surface area contributed by atoms with E-state index in [0.717, 1.165) is 45.8 Å². The third-order valence-corrected chi connectivity index (χ3v) is 4.64. The molecule has 0 aromatic carbocycles. The zero-order valence-electron chi connectivity index (χ0n) is 14.4. The van der Waals surface area contributed by atoms with Crippen LogP contribution in [0.1, 0.15) is 25.7 Å². The van der Waals surface area contributed by atoms with Crippen molar-refractivity contribution in [1.82, 2.24) is 25.3 Å². The Morgan fingerprint density at radius 1 is 0.870 bits per heavy atom. The molecule has 7 nitrogen and oxygen atoms in total. The number of nitrogens with zero attached hydrogens (tertiary/aromatic N) is 3. The molecule has 0 atom stereocenters. The number of likely N-dealkylation sites (N-methyl/N-ethyl adjacent to an activating group) is 1. The van der Waals surface area contributed by atoms with Gasteiger partial charge in [0.2, 0.25) is 5.91 Å². The van der Waals surface area contributed by atoms with Gasteiger partial charge < -0.3 is 25.3 Å². The second-order valence-electron chi connectivity index (χ2n) is 6.52. The number of piperazine rings is 1. The minimum Gasteiger partial charge on any atom is -0.340 e. The number of piperidine rings is 1. The van der Waals surface area contributed by atoms with Crippen LogP contribution >= 0.6 is 0 Å². The first-order valence-electron chi connectivity index (χ1n) is 8.85. The van der Waals surface area contributed by atoms with Crippen LogP contribution in [-0.4, -0.2) is 92.6 Å². The van der Waals surface area contributed by atoms with Crippen molar-refractivity contribution in [3.05, 3.63) is 0 Å². The number of hydrogen-bond donors (Lipinski definition) is 2. The summed E-state index contributed by atoms with van der Waals surface area (Å²) in [6.07, 6.45) is 4.23. The van der Waals surface area contributed by atoms with E-state index in [1.54, 1.807) is 0 Å². The lowest BCUT2D eigenvalue weighted by molar-refractivity contribution is -0.132. The van der Waals surface area contributed by atoms with E-state index in [4.69, 9.17) is 0 Å². The molecule has 0 radical (unpaired) electrons.